The Morgan fingerprint density at radius 1 is 1.53 bits per heavy atom. The molecule has 0 amide bonds. The van der Waals surface area contributed by atoms with Gasteiger partial charge in [0.15, 0.2) is 3.95 Å². The van der Waals surface area contributed by atoms with Crippen molar-refractivity contribution in [2.75, 3.05) is 0 Å². The highest BCUT2D eigenvalue weighted by Crippen LogP contribution is 2.38. The first kappa shape index (κ1) is 10.8. The predicted molar refractivity (Wildman–Crippen MR) is 59.6 cm³/mol. The lowest BCUT2D eigenvalue weighted by Crippen LogP contribution is -2.25. The number of nitrogens with one attached hydrogen (secondary N) is 1. The summed E-state index contributed by atoms with van der Waals surface area (Å²) in [5.41, 5.74) is 0. The number of carboxylic acids is 1. The highest BCUT2D eigenvalue weighted by Gasteiger charge is 2.33. The molecular formula is C9H12N2O2S2. The molecule has 0 radical (unpaired) electrons. The van der Waals surface area contributed by atoms with Gasteiger partial charge in [0.2, 0.25) is 0 Å². The van der Waals surface area contributed by atoms with Gasteiger partial charge in [-0.2, -0.15) is 5.10 Å². The van der Waals surface area contributed by atoms with Gasteiger partial charge in [0.1, 0.15) is 5.01 Å². The van der Waals surface area contributed by atoms with Crippen LogP contribution in [0.4, 0.5) is 0 Å². The maximum absolute atomic E-state index is 11.1. The fourth-order valence-electron chi connectivity index (χ4n) is 2.12. The van der Waals surface area contributed by atoms with Gasteiger partial charge in [-0.25, -0.2) is 0 Å². The van der Waals surface area contributed by atoms with Crippen molar-refractivity contribution in [2.45, 2.75) is 31.6 Å². The number of rotatable bonds is 2. The fraction of sp³-hybridized carbons (Fsp3) is 0.667. The van der Waals surface area contributed by atoms with Gasteiger partial charge in [-0.15, -0.1) is 0 Å². The summed E-state index contributed by atoms with van der Waals surface area (Å²) in [6.45, 7) is 0. The van der Waals surface area contributed by atoms with E-state index in [-0.39, 0.29) is 11.8 Å². The number of hydrogen-bond donors (Lipinski definition) is 2. The molecule has 0 saturated heterocycles. The van der Waals surface area contributed by atoms with Crippen molar-refractivity contribution in [3.63, 3.8) is 0 Å². The molecule has 1 aromatic rings. The monoisotopic (exact) mass is 244 g/mol. The molecule has 0 spiro atoms. The van der Waals surface area contributed by atoms with Crippen LogP contribution in [0.25, 0.3) is 0 Å². The van der Waals surface area contributed by atoms with E-state index in [0.29, 0.717) is 3.95 Å². The van der Waals surface area contributed by atoms with E-state index in [0.717, 1.165) is 30.7 Å². The van der Waals surface area contributed by atoms with Crippen LogP contribution in [-0.4, -0.2) is 21.3 Å². The first-order valence-electron chi connectivity index (χ1n) is 4.96. The van der Waals surface area contributed by atoms with E-state index in [1.807, 2.05) is 0 Å². The number of carboxylic acid groups (broad SMARTS) is 1. The molecule has 2 atom stereocenters. The number of aromatic nitrogens is 2. The maximum atomic E-state index is 11.1. The Kier molecular flexibility index (Phi) is 3.16. The van der Waals surface area contributed by atoms with E-state index in [9.17, 15) is 4.79 Å². The normalized spacial score (nSPS) is 26.4. The summed E-state index contributed by atoms with van der Waals surface area (Å²) in [5, 5.41) is 16.8. The summed E-state index contributed by atoms with van der Waals surface area (Å²) in [5.74, 6) is -0.942. The highest BCUT2D eigenvalue weighted by atomic mass is 32.1. The first-order valence-corrected chi connectivity index (χ1v) is 6.19. The molecule has 1 aliphatic carbocycles. The van der Waals surface area contributed by atoms with Gasteiger partial charge in [0, 0.05) is 5.92 Å². The number of hydrogen-bond acceptors (Lipinski definition) is 4. The Labute approximate surface area is 96.3 Å². The Balaban J connectivity index is 2.25. The van der Waals surface area contributed by atoms with E-state index in [2.05, 4.69) is 10.2 Å². The molecule has 0 aromatic carbocycles. The van der Waals surface area contributed by atoms with Crippen LogP contribution >= 0.6 is 23.6 Å². The SMILES string of the molecule is O=C(O)C1CCCCC1c1n[nH]c(=S)s1. The smallest absolute Gasteiger partial charge is 0.307 e. The van der Waals surface area contributed by atoms with Crippen LogP contribution in [0.2, 0.25) is 0 Å². The van der Waals surface area contributed by atoms with Crippen molar-refractivity contribution in [3.8, 4) is 0 Å². The van der Waals surface area contributed by atoms with Crippen LogP contribution in [-0.2, 0) is 4.79 Å². The molecule has 2 N–H and O–H groups in total. The van der Waals surface area contributed by atoms with E-state index in [4.69, 9.17) is 17.3 Å². The lowest BCUT2D eigenvalue weighted by Gasteiger charge is -2.26. The van der Waals surface area contributed by atoms with Crippen molar-refractivity contribution in [1.29, 1.82) is 0 Å². The third-order valence-corrected chi connectivity index (χ3v) is 4.08. The van der Waals surface area contributed by atoms with Crippen LogP contribution in [0.15, 0.2) is 0 Å². The molecule has 1 aromatic heterocycles. The van der Waals surface area contributed by atoms with E-state index in [1.165, 1.54) is 11.3 Å². The largest absolute Gasteiger partial charge is 0.481 e. The van der Waals surface area contributed by atoms with Crippen LogP contribution < -0.4 is 0 Å². The number of carbonyl (C=O) groups is 1. The van der Waals surface area contributed by atoms with Crippen molar-refractivity contribution in [2.24, 2.45) is 5.92 Å². The quantitative estimate of drug-likeness (QED) is 0.785. The topological polar surface area (TPSA) is 66.0 Å². The van der Waals surface area contributed by atoms with Crippen LogP contribution in [0, 0.1) is 9.87 Å². The minimum absolute atomic E-state index is 0.0502. The molecule has 4 nitrogen and oxygen atoms in total. The van der Waals surface area contributed by atoms with Crippen molar-refractivity contribution in [1.82, 2.24) is 10.2 Å². The molecule has 2 rings (SSSR count). The van der Waals surface area contributed by atoms with Crippen LogP contribution in [0.5, 0.6) is 0 Å². The lowest BCUT2D eigenvalue weighted by molar-refractivity contribution is -0.143. The minimum atomic E-state index is -0.708. The number of H-pyrrole nitrogens is 1. The number of nitrogens with zero attached hydrogens (tertiary/aromatic N) is 1. The van der Waals surface area contributed by atoms with Gasteiger partial charge >= 0.3 is 5.97 Å². The van der Waals surface area contributed by atoms with Gasteiger partial charge in [0.05, 0.1) is 5.92 Å². The molecule has 1 aliphatic rings. The molecule has 1 heterocycles. The third kappa shape index (κ3) is 2.26. The Morgan fingerprint density at radius 2 is 2.27 bits per heavy atom. The fourth-order valence-corrected chi connectivity index (χ4v) is 3.23. The summed E-state index contributed by atoms with van der Waals surface area (Å²) in [4.78, 5) is 11.1. The van der Waals surface area contributed by atoms with E-state index >= 15 is 0 Å². The predicted octanol–water partition coefficient (Wildman–Crippen LogP) is 2.56. The van der Waals surface area contributed by atoms with Gasteiger partial charge in [0.25, 0.3) is 0 Å². The van der Waals surface area contributed by atoms with E-state index in [1.54, 1.807) is 0 Å². The molecule has 0 aliphatic heterocycles. The molecule has 2 unspecified atom stereocenters. The minimum Gasteiger partial charge on any atom is -0.481 e. The molecule has 1 fully saturated rings. The zero-order chi connectivity index (χ0) is 10.8. The molecule has 6 heteroatoms. The number of aromatic amines is 1. The molecular weight excluding hydrogens is 232 g/mol. The highest BCUT2D eigenvalue weighted by molar-refractivity contribution is 7.73. The van der Waals surface area contributed by atoms with Crippen LogP contribution in [0.1, 0.15) is 36.6 Å². The Hall–Kier alpha value is -0.750. The average Bonchev–Trinajstić information content (AvgIpc) is 2.65. The molecule has 0 bridgehead atoms. The lowest BCUT2D eigenvalue weighted by atomic mass is 9.80. The first-order chi connectivity index (χ1) is 7.18. The second-order valence-corrected chi connectivity index (χ2v) is 5.48. The summed E-state index contributed by atoms with van der Waals surface area (Å²) in [6, 6.07) is 0. The molecule has 1 saturated carbocycles. The standard InChI is InChI=1S/C9H12N2O2S2/c12-8(13)6-4-2-1-3-5(6)7-10-11-9(14)15-7/h5-6H,1-4H2,(H,11,14)(H,12,13). The summed E-state index contributed by atoms with van der Waals surface area (Å²) in [7, 11) is 0. The van der Waals surface area contributed by atoms with Gasteiger partial charge < -0.3 is 5.11 Å². The Morgan fingerprint density at radius 3 is 2.87 bits per heavy atom. The van der Waals surface area contributed by atoms with Gasteiger partial charge in [-0.05, 0) is 25.1 Å². The second-order valence-electron chi connectivity index (χ2n) is 3.79. The van der Waals surface area contributed by atoms with Crippen molar-refractivity contribution in [3.05, 3.63) is 8.96 Å². The third-order valence-electron chi connectivity index (χ3n) is 2.86. The van der Waals surface area contributed by atoms with E-state index < -0.39 is 5.97 Å². The van der Waals surface area contributed by atoms with Gasteiger partial charge in [-0.3, -0.25) is 9.89 Å². The Bertz CT molecular complexity index is 412. The maximum Gasteiger partial charge on any atom is 0.307 e. The van der Waals surface area contributed by atoms with Gasteiger partial charge in [-0.1, -0.05) is 24.2 Å². The van der Waals surface area contributed by atoms with Crippen molar-refractivity contribution < 1.29 is 9.90 Å². The molecule has 82 valence electrons. The average molecular weight is 244 g/mol. The second kappa shape index (κ2) is 4.40. The summed E-state index contributed by atoms with van der Waals surface area (Å²) < 4.78 is 0.625. The summed E-state index contributed by atoms with van der Waals surface area (Å²) in [6.07, 6.45) is 3.75. The summed E-state index contributed by atoms with van der Waals surface area (Å²) >= 11 is 6.36. The van der Waals surface area contributed by atoms with Crippen molar-refractivity contribution >= 4 is 29.5 Å². The zero-order valence-corrected chi connectivity index (χ0v) is 9.74. The van der Waals surface area contributed by atoms with Crippen LogP contribution in [0.3, 0.4) is 0 Å². The zero-order valence-electron chi connectivity index (χ0n) is 8.10. The molecule has 15 heavy (non-hydrogen) atoms. The number of aliphatic carboxylic acids is 1.